The number of carbonyl (C=O) groups excluding carboxylic acids is 1. The Kier molecular flexibility index (Phi) is 6.77. The number of amides is 1. The fourth-order valence-corrected chi connectivity index (χ4v) is 3.49. The lowest BCUT2D eigenvalue weighted by molar-refractivity contribution is -0.137. The van der Waals surface area contributed by atoms with Crippen LogP contribution in [0.4, 0.5) is 13.2 Å². The highest BCUT2D eigenvalue weighted by Gasteiger charge is 2.31. The minimum atomic E-state index is -4.39. The van der Waals surface area contributed by atoms with Gasteiger partial charge >= 0.3 is 6.18 Å². The van der Waals surface area contributed by atoms with Gasteiger partial charge in [0.05, 0.1) is 36.1 Å². The summed E-state index contributed by atoms with van der Waals surface area (Å²) in [4.78, 5) is 18.8. The third-order valence-electron chi connectivity index (χ3n) is 4.86. The summed E-state index contributed by atoms with van der Waals surface area (Å²) in [5.41, 5.74) is 0.912. The summed E-state index contributed by atoms with van der Waals surface area (Å²) < 4.78 is 44.0. The number of pyridine rings is 1. The van der Waals surface area contributed by atoms with Crippen molar-refractivity contribution in [2.24, 2.45) is 0 Å². The quantitative estimate of drug-likeness (QED) is 0.736. The van der Waals surface area contributed by atoms with E-state index in [2.05, 4.69) is 15.2 Å². The predicted octanol–water partition coefficient (Wildman–Crippen LogP) is 3.87. The van der Waals surface area contributed by atoms with E-state index in [0.717, 1.165) is 12.1 Å². The lowest BCUT2D eigenvalue weighted by atomic mass is 10.0. The first kappa shape index (κ1) is 21.5. The number of nitrogens with zero attached hydrogens (tertiary/aromatic N) is 2. The molecule has 1 aromatic heterocycles. The fourth-order valence-electron chi connectivity index (χ4n) is 3.30. The second-order valence-corrected chi connectivity index (χ2v) is 7.15. The Morgan fingerprint density at radius 2 is 1.86 bits per heavy atom. The monoisotopic (exact) mass is 427 g/mol. The van der Waals surface area contributed by atoms with Crippen molar-refractivity contribution >= 4 is 17.5 Å². The summed E-state index contributed by atoms with van der Waals surface area (Å²) in [6, 6.07) is 7.93. The number of rotatable bonds is 5. The number of hydrogen-bond donors (Lipinski definition) is 1. The molecule has 1 saturated heterocycles. The molecule has 0 spiro atoms. The molecule has 1 aromatic carbocycles. The van der Waals surface area contributed by atoms with E-state index in [1.54, 1.807) is 19.1 Å². The van der Waals surface area contributed by atoms with Crippen LogP contribution in [0.5, 0.6) is 0 Å². The van der Waals surface area contributed by atoms with Crippen LogP contribution in [-0.4, -0.2) is 48.6 Å². The molecule has 0 saturated carbocycles. The van der Waals surface area contributed by atoms with Gasteiger partial charge in [-0.1, -0.05) is 23.7 Å². The molecule has 1 unspecified atom stereocenters. The van der Waals surface area contributed by atoms with Gasteiger partial charge in [0.25, 0.3) is 5.91 Å². The third-order valence-corrected chi connectivity index (χ3v) is 5.07. The number of aromatic nitrogens is 1. The molecule has 0 bridgehead atoms. The number of ether oxygens (including phenoxy) is 1. The van der Waals surface area contributed by atoms with Crippen LogP contribution in [0.3, 0.4) is 0 Å². The van der Waals surface area contributed by atoms with Crippen LogP contribution in [0.15, 0.2) is 36.4 Å². The van der Waals surface area contributed by atoms with Crippen molar-refractivity contribution in [3.63, 3.8) is 0 Å². The summed E-state index contributed by atoms with van der Waals surface area (Å²) in [6.45, 7) is 4.26. The Morgan fingerprint density at radius 1 is 1.21 bits per heavy atom. The topological polar surface area (TPSA) is 54.5 Å². The van der Waals surface area contributed by atoms with Gasteiger partial charge < -0.3 is 10.1 Å². The molecule has 29 heavy (non-hydrogen) atoms. The molecule has 5 nitrogen and oxygen atoms in total. The number of aryl methyl sites for hydroxylation is 1. The van der Waals surface area contributed by atoms with E-state index in [1.807, 2.05) is 0 Å². The second kappa shape index (κ2) is 9.11. The van der Waals surface area contributed by atoms with Crippen molar-refractivity contribution in [1.82, 2.24) is 15.2 Å². The first-order valence-electron chi connectivity index (χ1n) is 9.16. The van der Waals surface area contributed by atoms with Gasteiger partial charge in [-0.15, -0.1) is 0 Å². The number of benzene rings is 1. The maximum Gasteiger partial charge on any atom is 0.416 e. The number of morpholine rings is 1. The molecule has 0 aliphatic carbocycles. The molecular weight excluding hydrogens is 407 g/mol. The van der Waals surface area contributed by atoms with E-state index < -0.39 is 11.7 Å². The van der Waals surface area contributed by atoms with Gasteiger partial charge in [0.1, 0.15) is 5.15 Å². The minimum Gasteiger partial charge on any atom is -0.379 e. The third kappa shape index (κ3) is 5.46. The van der Waals surface area contributed by atoms with E-state index >= 15 is 0 Å². The number of halogens is 4. The first-order chi connectivity index (χ1) is 13.8. The second-order valence-electron chi connectivity index (χ2n) is 6.76. The van der Waals surface area contributed by atoms with Crippen LogP contribution in [-0.2, 0) is 10.9 Å². The summed E-state index contributed by atoms with van der Waals surface area (Å²) >= 11 is 5.83. The summed E-state index contributed by atoms with van der Waals surface area (Å²) in [6.07, 6.45) is -4.39. The normalized spacial score (nSPS) is 16.4. The standard InChI is InChI=1S/C20H21ClF3N3O2/c1-13-16(6-7-18(21)26-13)19(28)25-12-17(27-8-10-29-11-9-27)14-2-4-15(5-3-14)20(22,23)24/h2-7,17H,8-12H2,1H3,(H,25,28). The Balaban J connectivity index is 1.77. The molecule has 1 atom stereocenters. The van der Waals surface area contributed by atoms with Crippen LogP contribution in [0.2, 0.25) is 5.15 Å². The number of alkyl halides is 3. The number of carbonyl (C=O) groups is 1. The Bertz CT molecular complexity index is 853. The van der Waals surface area contributed by atoms with E-state index in [4.69, 9.17) is 16.3 Å². The Morgan fingerprint density at radius 3 is 2.45 bits per heavy atom. The van der Waals surface area contributed by atoms with Crippen LogP contribution in [0.25, 0.3) is 0 Å². The maximum atomic E-state index is 12.9. The summed E-state index contributed by atoms with van der Waals surface area (Å²) in [7, 11) is 0. The average Bonchev–Trinajstić information content (AvgIpc) is 2.68. The van der Waals surface area contributed by atoms with Crippen LogP contribution < -0.4 is 5.32 Å². The van der Waals surface area contributed by atoms with E-state index in [1.165, 1.54) is 12.1 Å². The van der Waals surface area contributed by atoms with Gasteiger partial charge in [-0.05, 0) is 36.8 Å². The minimum absolute atomic E-state index is 0.242. The van der Waals surface area contributed by atoms with Crippen LogP contribution >= 0.6 is 11.6 Å². The van der Waals surface area contributed by atoms with Crippen molar-refractivity contribution in [2.75, 3.05) is 32.8 Å². The largest absolute Gasteiger partial charge is 0.416 e. The number of nitrogens with one attached hydrogen (secondary N) is 1. The van der Waals surface area contributed by atoms with Crippen molar-refractivity contribution in [3.8, 4) is 0 Å². The predicted molar refractivity (Wildman–Crippen MR) is 103 cm³/mol. The van der Waals surface area contributed by atoms with Crippen molar-refractivity contribution in [3.05, 3.63) is 63.9 Å². The lowest BCUT2D eigenvalue weighted by Crippen LogP contribution is -2.44. The van der Waals surface area contributed by atoms with Crippen LogP contribution in [0.1, 0.15) is 33.2 Å². The van der Waals surface area contributed by atoms with Crippen LogP contribution in [0, 0.1) is 6.92 Å². The molecule has 2 aromatic rings. The maximum absolute atomic E-state index is 12.9. The smallest absolute Gasteiger partial charge is 0.379 e. The highest BCUT2D eigenvalue weighted by molar-refractivity contribution is 6.29. The molecule has 9 heteroatoms. The Labute approximate surface area is 171 Å². The van der Waals surface area contributed by atoms with E-state index in [9.17, 15) is 18.0 Å². The van der Waals surface area contributed by atoms with Gasteiger partial charge in [0.15, 0.2) is 0 Å². The average molecular weight is 428 g/mol. The van der Waals surface area contributed by atoms with Gasteiger partial charge in [-0.25, -0.2) is 4.98 Å². The van der Waals surface area contributed by atoms with Crippen molar-refractivity contribution in [2.45, 2.75) is 19.1 Å². The fraction of sp³-hybridized carbons (Fsp3) is 0.400. The summed E-state index contributed by atoms with van der Waals surface area (Å²) in [5, 5.41) is 3.17. The van der Waals surface area contributed by atoms with Gasteiger partial charge in [0.2, 0.25) is 0 Å². The molecular formula is C20H21ClF3N3O2. The Hall–Kier alpha value is -2.16. The lowest BCUT2D eigenvalue weighted by Gasteiger charge is -2.35. The molecule has 1 amide bonds. The molecule has 156 valence electrons. The molecule has 2 heterocycles. The van der Waals surface area contributed by atoms with Gasteiger partial charge in [-0.2, -0.15) is 13.2 Å². The molecule has 1 aliphatic heterocycles. The first-order valence-corrected chi connectivity index (χ1v) is 9.54. The van der Waals surface area contributed by atoms with E-state index in [-0.39, 0.29) is 18.5 Å². The van der Waals surface area contributed by atoms with Gasteiger partial charge in [0, 0.05) is 19.6 Å². The molecule has 1 N–H and O–H groups in total. The highest BCUT2D eigenvalue weighted by atomic mass is 35.5. The molecule has 3 rings (SSSR count). The zero-order chi connectivity index (χ0) is 21.0. The molecule has 0 radical (unpaired) electrons. The van der Waals surface area contributed by atoms with Gasteiger partial charge in [-0.3, -0.25) is 9.69 Å². The molecule has 1 aliphatic rings. The summed E-state index contributed by atoms with van der Waals surface area (Å²) in [5.74, 6) is -0.308. The number of hydrogen-bond acceptors (Lipinski definition) is 4. The zero-order valence-corrected chi connectivity index (χ0v) is 16.6. The molecule has 1 fully saturated rings. The van der Waals surface area contributed by atoms with E-state index in [0.29, 0.717) is 48.3 Å². The van der Waals surface area contributed by atoms with Crippen molar-refractivity contribution in [1.29, 1.82) is 0 Å². The highest BCUT2D eigenvalue weighted by Crippen LogP contribution is 2.31. The van der Waals surface area contributed by atoms with Crippen molar-refractivity contribution < 1.29 is 22.7 Å². The SMILES string of the molecule is Cc1nc(Cl)ccc1C(=O)NCC(c1ccc(C(F)(F)F)cc1)N1CCOCC1. The zero-order valence-electron chi connectivity index (χ0n) is 15.8.